The van der Waals surface area contributed by atoms with Crippen LogP contribution in [-0.2, 0) is 4.79 Å². The van der Waals surface area contributed by atoms with Gasteiger partial charge in [-0.05, 0) is 76.3 Å². The molecular formula is C18H13ClINO4S. The Hall–Kier alpha value is -1.71. The molecule has 26 heavy (non-hydrogen) atoms. The molecule has 0 radical (unpaired) electrons. The maximum Gasteiger partial charge on any atom is 0.298 e. The minimum Gasteiger partial charge on any atom is -0.493 e. The second-order valence-corrected chi connectivity index (χ2v) is 7.83. The first-order valence-corrected chi connectivity index (χ1v) is 9.67. The van der Waals surface area contributed by atoms with Gasteiger partial charge in [-0.1, -0.05) is 17.7 Å². The second-order valence-electron chi connectivity index (χ2n) is 5.24. The summed E-state index contributed by atoms with van der Waals surface area (Å²) in [7, 11) is 3.11. The van der Waals surface area contributed by atoms with E-state index in [1.54, 1.807) is 50.6 Å². The largest absolute Gasteiger partial charge is 0.493 e. The maximum atomic E-state index is 12.7. The fraction of sp³-hybridized carbons (Fsp3) is 0.111. The number of carbonyl (C=O) groups excluding carboxylic acids is 2. The van der Waals surface area contributed by atoms with E-state index in [-0.39, 0.29) is 11.1 Å². The maximum absolute atomic E-state index is 12.7. The van der Waals surface area contributed by atoms with E-state index in [0.717, 1.165) is 25.8 Å². The zero-order valence-electron chi connectivity index (χ0n) is 13.8. The molecule has 0 bridgehead atoms. The molecule has 0 aliphatic carbocycles. The standard InChI is InChI=1S/C18H13ClINO4S/c1-24-14-7-10(6-13(20)16(14)25-2)8-15-17(22)21(18(23)26-15)12-5-3-4-11(19)9-12/h3-9H,1-2H3/b15-8+. The van der Waals surface area contributed by atoms with Crippen molar-refractivity contribution in [3.63, 3.8) is 0 Å². The van der Waals surface area contributed by atoms with Gasteiger partial charge in [-0.25, -0.2) is 4.90 Å². The van der Waals surface area contributed by atoms with E-state index in [9.17, 15) is 9.59 Å². The van der Waals surface area contributed by atoms with Crippen LogP contribution in [0.4, 0.5) is 10.5 Å². The third-order valence-electron chi connectivity index (χ3n) is 3.61. The van der Waals surface area contributed by atoms with Crippen molar-refractivity contribution in [2.45, 2.75) is 0 Å². The van der Waals surface area contributed by atoms with Crippen molar-refractivity contribution in [1.82, 2.24) is 0 Å². The molecule has 0 N–H and O–H groups in total. The zero-order chi connectivity index (χ0) is 18.8. The molecule has 134 valence electrons. The lowest BCUT2D eigenvalue weighted by atomic mass is 10.2. The fourth-order valence-corrected chi connectivity index (χ4v) is 4.35. The number of hydrogen-bond acceptors (Lipinski definition) is 5. The molecule has 1 fully saturated rings. The number of halogens is 2. The molecule has 8 heteroatoms. The van der Waals surface area contributed by atoms with Gasteiger partial charge in [0, 0.05) is 5.02 Å². The lowest BCUT2D eigenvalue weighted by Crippen LogP contribution is -2.27. The van der Waals surface area contributed by atoms with Crippen LogP contribution in [0.1, 0.15) is 5.56 Å². The van der Waals surface area contributed by atoms with E-state index in [1.165, 1.54) is 0 Å². The van der Waals surface area contributed by atoms with Crippen LogP contribution < -0.4 is 14.4 Å². The van der Waals surface area contributed by atoms with Gasteiger partial charge in [0.15, 0.2) is 11.5 Å². The minimum atomic E-state index is -0.382. The number of anilines is 1. The Morgan fingerprint density at radius 3 is 2.58 bits per heavy atom. The molecule has 3 rings (SSSR count). The van der Waals surface area contributed by atoms with Crippen molar-refractivity contribution >= 4 is 68.9 Å². The summed E-state index contributed by atoms with van der Waals surface area (Å²) in [5.74, 6) is 0.795. The lowest BCUT2D eigenvalue weighted by molar-refractivity contribution is -0.113. The Bertz CT molecular complexity index is 931. The Morgan fingerprint density at radius 1 is 1.15 bits per heavy atom. The Morgan fingerprint density at radius 2 is 1.92 bits per heavy atom. The van der Waals surface area contributed by atoms with Crippen LogP contribution in [-0.4, -0.2) is 25.4 Å². The average molecular weight is 502 g/mol. The molecule has 2 aromatic carbocycles. The molecule has 0 spiro atoms. The van der Waals surface area contributed by atoms with Crippen LogP contribution in [0.15, 0.2) is 41.3 Å². The molecule has 1 aliphatic heterocycles. The van der Waals surface area contributed by atoms with Gasteiger partial charge in [-0.3, -0.25) is 9.59 Å². The highest BCUT2D eigenvalue weighted by Gasteiger charge is 2.36. The number of benzene rings is 2. The molecule has 0 aromatic heterocycles. The van der Waals surface area contributed by atoms with Gasteiger partial charge in [0.05, 0.1) is 28.4 Å². The Balaban J connectivity index is 1.97. The number of imide groups is 1. The molecule has 2 aromatic rings. The quantitative estimate of drug-likeness (QED) is 0.426. The van der Waals surface area contributed by atoms with Gasteiger partial charge in [0.1, 0.15) is 0 Å². The van der Waals surface area contributed by atoms with Crippen molar-refractivity contribution in [1.29, 1.82) is 0 Å². The van der Waals surface area contributed by atoms with Gasteiger partial charge in [0.2, 0.25) is 0 Å². The zero-order valence-corrected chi connectivity index (χ0v) is 17.5. The monoisotopic (exact) mass is 501 g/mol. The predicted octanol–water partition coefficient (Wildman–Crippen LogP) is 5.20. The van der Waals surface area contributed by atoms with Gasteiger partial charge < -0.3 is 9.47 Å². The van der Waals surface area contributed by atoms with E-state index in [4.69, 9.17) is 21.1 Å². The summed E-state index contributed by atoms with van der Waals surface area (Å²) in [5.41, 5.74) is 1.19. The highest BCUT2D eigenvalue weighted by molar-refractivity contribution is 14.1. The van der Waals surface area contributed by atoms with E-state index in [1.807, 2.05) is 6.07 Å². The summed E-state index contributed by atoms with van der Waals surface area (Å²) in [4.78, 5) is 26.5. The number of ether oxygens (including phenoxy) is 2. The number of hydrogen-bond donors (Lipinski definition) is 0. The normalized spacial score (nSPS) is 15.7. The van der Waals surface area contributed by atoms with Crippen molar-refractivity contribution in [3.05, 3.63) is 55.5 Å². The summed E-state index contributed by atoms with van der Waals surface area (Å²) in [6, 6.07) is 10.3. The van der Waals surface area contributed by atoms with Crippen LogP contribution >= 0.6 is 46.0 Å². The molecule has 0 atom stereocenters. The SMILES string of the molecule is COc1cc(/C=C2/SC(=O)N(c3cccc(Cl)c3)C2=O)cc(I)c1OC. The van der Waals surface area contributed by atoms with Gasteiger partial charge in [-0.2, -0.15) is 0 Å². The minimum absolute atomic E-state index is 0.331. The van der Waals surface area contributed by atoms with E-state index in [0.29, 0.717) is 27.1 Å². The van der Waals surface area contributed by atoms with E-state index < -0.39 is 0 Å². The van der Waals surface area contributed by atoms with Crippen LogP contribution in [0.2, 0.25) is 5.02 Å². The average Bonchev–Trinajstić information content (AvgIpc) is 2.88. The third kappa shape index (κ3) is 3.70. The Kier molecular flexibility index (Phi) is 5.79. The smallest absolute Gasteiger partial charge is 0.298 e. The number of amides is 2. The first-order chi connectivity index (χ1) is 12.4. The number of nitrogens with zero attached hydrogens (tertiary/aromatic N) is 1. The number of carbonyl (C=O) groups is 2. The topological polar surface area (TPSA) is 55.8 Å². The fourth-order valence-electron chi connectivity index (χ4n) is 2.48. The van der Waals surface area contributed by atoms with Crippen LogP contribution in [0.5, 0.6) is 11.5 Å². The molecule has 1 aliphatic rings. The number of rotatable bonds is 4. The van der Waals surface area contributed by atoms with Gasteiger partial charge in [-0.15, -0.1) is 0 Å². The van der Waals surface area contributed by atoms with E-state index in [2.05, 4.69) is 22.6 Å². The summed E-state index contributed by atoms with van der Waals surface area (Å²) in [5, 5.41) is 0.0960. The summed E-state index contributed by atoms with van der Waals surface area (Å²) >= 11 is 8.98. The number of thioether (sulfide) groups is 1. The molecule has 0 unspecified atom stereocenters. The van der Waals surface area contributed by atoms with Gasteiger partial charge >= 0.3 is 0 Å². The first-order valence-electron chi connectivity index (χ1n) is 7.39. The molecule has 0 saturated carbocycles. The Labute approximate surface area is 173 Å². The second kappa shape index (κ2) is 7.89. The molecule has 2 amide bonds. The lowest BCUT2D eigenvalue weighted by Gasteiger charge is -2.12. The molecule has 1 saturated heterocycles. The van der Waals surface area contributed by atoms with Crippen molar-refractivity contribution < 1.29 is 19.1 Å². The summed E-state index contributed by atoms with van der Waals surface area (Å²) in [6.45, 7) is 0. The van der Waals surface area contributed by atoms with Crippen molar-refractivity contribution in [2.75, 3.05) is 19.1 Å². The predicted molar refractivity (Wildman–Crippen MR) is 112 cm³/mol. The summed E-state index contributed by atoms with van der Waals surface area (Å²) in [6.07, 6.45) is 1.67. The van der Waals surface area contributed by atoms with Crippen molar-refractivity contribution in [3.8, 4) is 11.5 Å². The third-order valence-corrected chi connectivity index (χ3v) is 5.52. The molecule has 1 heterocycles. The van der Waals surface area contributed by atoms with Crippen LogP contribution in [0, 0.1) is 3.57 Å². The summed E-state index contributed by atoms with van der Waals surface area (Å²) < 4.78 is 11.5. The highest BCUT2D eigenvalue weighted by atomic mass is 127. The molecular weight excluding hydrogens is 489 g/mol. The van der Waals surface area contributed by atoms with Crippen LogP contribution in [0.3, 0.4) is 0 Å². The van der Waals surface area contributed by atoms with Gasteiger partial charge in [0.25, 0.3) is 11.1 Å². The van der Waals surface area contributed by atoms with Crippen LogP contribution in [0.25, 0.3) is 6.08 Å². The number of methoxy groups -OCH3 is 2. The molecule has 5 nitrogen and oxygen atoms in total. The first kappa shape index (κ1) is 19.1. The van der Waals surface area contributed by atoms with E-state index >= 15 is 0 Å². The van der Waals surface area contributed by atoms with Crippen molar-refractivity contribution in [2.24, 2.45) is 0 Å². The highest BCUT2D eigenvalue weighted by Crippen LogP contribution is 2.38.